The van der Waals surface area contributed by atoms with Crippen LogP contribution in [0.25, 0.3) is 11.1 Å². The Labute approximate surface area is 176 Å². The number of benzene rings is 3. The number of halogens is 1. The van der Waals surface area contributed by atoms with Gasteiger partial charge in [0.2, 0.25) is 0 Å². The number of nitriles is 1. The van der Waals surface area contributed by atoms with Gasteiger partial charge in [-0.05, 0) is 53.6 Å². The summed E-state index contributed by atoms with van der Waals surface area (Å²) in [5.74, 6) is 0.185. The second-order valence-electron chi connectivity index (χ2n) is 6.41. The van der Waals surface area contributed by atoms with E-state index in [4.69, 9.17) is 0 Å². The summed E-state index contributed by atoms with van der Waals surface area (Å²) in [6.07, 6.45) is 3.27. The summed E-state index contributed by atoms with van der Waals surface area (Å²) in [7, 11) is 0. The summed E-state index contributed by atoms with van der Waals surface area (Å²) in [6.45, 7) is 0.590. The summed E-state index contributed by atoms with van der Waals surface area (Å²) in [4.78, 5) is 0. The number of phenolic OH excluding ortho intramolecular Hbond substituents is 1. The zero-order valence-electron chi connectivity index (χ0n) is 15.3. The molecule has 4 aromatic rings. The van der Waals surface area contributed by atoms with E-state index in [9.17, 15) is 10.4 Å². The van der Waals surface area contributed by atoms with Crippen LogP contribution in [0.2, 0.25) is 0 Å². The number of hydrogen-bond donors (Lipinski definition) is 1. The first-order valence-corrected chi connectivity index (χ1v) is 9.64. The molecule has 4 rings (SSSR count). The molecule has 0 bridgehead atoms. The van der Waals surface area contributed by atoms with Crippen molar-refractivity contribution in [3.8, 4) is 22.9 Å². The molecule has 0 spiro atoms. The van der Waals surface area contributed by atoms with E-state index < -0.39 is 0 Å². The standard InChI is InChI=1S/C22H16BrN5O/c23-19-6-1-16(2-7-19)13-28(27-14-25-26-15-27)20-8-3-18(12-24)22(11-20)17-4-9-21(29)10-5-17/h1-11,14-15,29H,13H2. The summed E-state index contributed by atoms with van der Waals surface area (Å²) >= 11 is 3.46. The van der Waals surface area contributed by atoms with Crippen molar-refractivity contribution >= 4 is 21.6 Å². The molecule has 0 aliphatic carbocycles. The van der Waals surface area contributed by atoms with Crippen LogP contribution >= 0.6 is 15.9 Å². The highest BCUT2D eigenvalue weighted by molar-refractivity contribution is 9.10. The maximum atomic E-state index is 9.59. The molecule has 142 valence electrons. The van der Waals surface area contributed by atoms with E-state index in [0.29, 0.717) is 12.1 Å². The monoisotopic (exact) mass is 445 g/mol. The van der Waals surface area contributed by atoms with Gasteiger partial charge in [-0.3, -0.25) is 5.01 Å². The normalized spacial score (nSPS) is 10.5. The van der Waals surface area contributed by atoms with Crippen molar-refractivity contribution in [1.82, 2.24) is 14.9 Å². The van der Waals surface area contributed by atoms with Crippen LogP contribution in [0.3, 0.4) is 0 Å². The Kier molecular flexibility index (Phi) is 5.27. The third-order valence-electron chi connectivity index (χ3n) is 4.53. The molecule has 29 heavy (non-hydrogen) atoms. The number of phenols is 1. The molecule has 0 aliphatic rings. The van der Waals surface area contributed by atoms with Gasteiger partial charge in [0, 0.05) is 10.0 Å². The van der Waals surface area contributed by atoms with Crippen molar-refractivity contribution in [2.75, 3.05) is 5.01 Å². The lowest BCUT2D eigenvalue weighted by molar-refractivity contribution is 0.475. The molecule has 0 saturated carbocycles. The molecule has 1 aromatic heterocycles. The first-order valence-electron chi connectivity index (χ1n) is 8.84. The SMILES string of the molecule is N#Cc1ccc(N(Cc2ccc(Br)cc2)n2cnnc2)cc1-c1ccc(O)cc1. The smallest absolute Gasteiger partial charge is 0.139 e. The highest BCUT2D eigenvalue weighted by Crippen LogP contribution is 2.30. The average Bonchev–Trinajstić information content (AvgIpc) is 3.28. The third kappa shape index (κ3) is 4.13. The second kappa shape index (κ2) is 8.17. The van der Waals surface area contributed by atoms with Gasteiger partial charge in [0.25, 0.3) is 0 Å². The van der Waals surface area contributed by atoms with E-state index in [2.05, 4.69) is 32.2 Å². The van der Waals surface area contributed by atoms with E-state index in [1.54, 1.807) is 43.0 Å². The van der Waals surface area contributed by atoms with Gasteiger partial charge in [0.05, 0.1) is 23.9 Å². The van der Waals surface area contributed by atoms with Gasteiger partial charge >= 0.3 is 0 Å². The van der Waals surface area contributed by atoms with Crippen LogP contribution in [0.15, 0.2) is 83.9 Å². The Balaban J connectivity index is 1.78. The molecule has 3 aromatic carbocycles. The number of nitrogens with zero attached hydrogens (tertiary/aromatic N) is 5. The van der Waals surface area contributed by atoms with Gasteiger partial charge in [-0.25, -0.2) is 4.68 Å². The van der Waals surface area contributed by atoms with E-state index in [-0.39, 0.29) is 5.75 Å². The maximum absolute atomic E-state index is 9.59. The highest BCUT2D eigenvalue weighted by Gasteiger charge is 2.14. The molecule has 0 radical (unpaired) electrons. The highest BCUT2D eigenvalue weighted by atomic mass is 79.9. The van der Waals surface area contributed by atoms with Crippen LogP contribution in [0.1, 0.15) is 11.1 Å². The molecule has 1 heterocycles. The summed E-state index contributed by atoms with van der Waals surface area (Å²) < 4.78 is 2.83. The Hall–Kier alpha value is -3.63. The zero-order valence-corrected chi connectivity index (χ0v) is 16.9. The molecule has 1 N–H and O–H groups in total. The number of anilines is 1. The van der Waals surface area contributed by atoms with Crippen LogP contribution in [0.5, 0.6) is 5.75 Å². The Morgan fingerprint density at radius 1 is 0.966 bits per heavy atom. The molecule has 0 unspecified atom stereocenters. The van der Waals surface area contributed by atoms with Gasteiger partial charge in [0.15, 0.2) is 0 Å². The lowest BCUT2D eigenvalue weighted by Gasteiger charge is -2.26. The van der Waals surface area contributed by atoms with Gasteiger partial charge in [-0.15, -0.1) is 10.2 Å². The minimum Gasteiger partial charge on any atom is -0.508 e. The predicted molar refractivity (Wildman–Crippen MR) is 114 cm³/mol. The molecule has 7 heteroatoms. The number of hydrogen-bond acceptors (Lipinski definition) is 5. The fourth-order valence-corrected chi connectivity index (χ4v) is 3.32. The van der Waals surface area contributed by atoms with Crippen molar-refractivity contribution < 1.29 is 5.11 Å². The quantitative estimate of drug-likeness (QED) is 0.479. The summed E-state index contributed by atoms with van der Waals surface area (Å²) in [6, 6.07) is 22.8. The molecular weight excluding hydrogens is 430 g/mol. The fourth-order valence-electron chi connectivity index (χ4n) is 3.06. The largest absolute Gasteiger partial charge is 0.508 e. The van der Waals surface area contributed by atoms with Crippen molar-refractivity contribution in [2.24, 2.45) is 0 Å². The Morgan fingerprint density at radius 3 is 2.31 bits per heavy atom. The summed E-state index contributed by atoms with van der Waals surface area (Å²) in [5, 5.41) is 29.0. The van der Waals surface area contributed by atoms with Gasteiger partial charge in [-0.2, -0.15) is 5.26 Å². The van der Waals surface area contributed by atoms with Crippen molar-refractivity contribution in [2.45, 2.75) is 6.54 Å². The van der Waals surface area contributed by atoms with Crippen molar-refractivity contribution in [3.63, 3.8) is 0 Å². The molecule has 6 nitrogen and oxygen atoms in total. The molecule has 0 amide bonds. The van der Waals surface area contributed by atoms with Crippen molar-refractivity contribution in [1.29, 1.82) is 5.26 Å². The molecule has 0 atom stereocenters. The van der Waals surface area contributed by atoms with E-state index >= 15 is 0 Å². The van der Waals surface area contributed by atoms with Crippen LogP contribution < -0.4 is 5.01 Å². The molecule has 0 aliphatic heterocycles. The lowest BCUT2D eigenvalue weighted by Crippen LogP contribution is -2.27. The van der Waals surface area contributed by atoms with Crippen LogP contribution in [0, 0.1) is 11.3 Å². The first-order chi connectivity index (χ1) is 14.1. The van der Waals surface area contributed by atoms with Gasteiger partial charge in [-0.1, -0.05) is 40.2 Å². The van der Waals surface area contributed by atoms with E-state index in [0.717, 1.165) is 26.9 Å². The predicted octanol–water partition coefficient (Wildman–Crippen LogP) is 4.75. The maximum Gasteiger partial charge on any atom is 0.139 e. The lowest BCUT2D eigenvalue weighted by atomic mass is 9.99. The molecular formula is C22H16BrN5O. The van der Waals surface area contributed by atoms with E-state index in [1.165, 1.54) is 0 Å². The summed E-state index contributed by atoms with van der Waals surface area (Å²) in [5.41, 5.74) is 4.20. The van der Waals surface area contributed by atoms with E-state index in [1.807, 2.05) is 46.1 Å². The van der Waals surface area contributed by atoms with Crippen LogP contribution in [-0.4, -0.2) is 20.0 Å². The average molecular weight is 446 g/mol. The molecule has 0 saturated heterocycles. The number of aromatic nitrogens is 3. The fraction of sp³-hybridized carbons (Fsp3) is 0.0455. The van der Waals surface area contributed by atoms with Gasteiger partial charge in [0.1, 0.15) is 18.4 Å². The number of rotatable bonds is 5. The Morgan fingerprint density at radius 2 is 1.66 bits per heavy atom. The Bertz CT molecular complexity index is 1150. The topological polar surface area (TPSA) is 78.0 Å². The number of aromatic hydroxyl groups is 1. The first kappa shape index (κ1) is 18.7. The van der Waals surface area contributed by atoms with Crippen LogP contribution in [0.4, 0.5) is 5.69 Å². The van der Waals surface area contributed by atoms with Gasteiger partial charge < -0.3 is 5.11 Å². The third-order valence-corrected chi connectivity index (χ3v) is 5.06. The second-order valence-corrected chi connectivity index (χ2v) is 7.33. The zero-order chi connectivity index (χ0) is 20.2. The van der Waals surface area contributed by atoms with Crippen LogP contribution in [-0.2, 0) is 6.54 Å². The molecule has 0 fully saturated rings. The minimum absolute atomic E-state index is 0.185. The minimum atomic E-state index is 0.185. The van der Waals surface area contributed by atoms with Crippen molar-refractivity contribution in [3.05, 3.63) is 95.0 Å².